The van der Waals surface area contributed by atoms with Crippen molar-refractivity contribution in [3.8, 4) is 0 Å². The van der Waals surface area contributed by atoms with Gasteiger partial charge in [-0.3, -0.25) is 4.79 Å². The van der Waals surface area contributed by atoms with E-state index in [2.05, 4.69) is 62.7 Å². The van der Waals surface area contributed by atoms with Crippen molar-refractivity contribution in [2.75, 3.05) is 26.4 Å². The van der Waals surface area contributed by atoms with Crippen LogP contribution in [0.25, 0.3) is 0 Å². The molecule has 2 aromatic rings. The summed E-state index contributed by atoms with van der Waals surface area (Å²) in [6.45, 7) is 13.4. The fourth-order valence-corrected chi connectivity index (χ4v) is 3.62. The lowest BCUT2D eigenvalue weighted by Crippen LogP contribution is -2.41. The Morgan fingerprint density at radius 1 is 0.943 bits per heavy atom. The van der Waals surface area contributed by atoms with Gasteiger partial charge in [0.25, 0.3) is 0 Å². The molecule has 2 fully saturated rings. The van der Waals surface area contributed by atoms with Crippen molar-refractivity contribution in [3.05, 3.63) is 63.1 Å². The van der Waals surface area contributed by atoms with Gasteiger partial charge in [-0.2, -0.15) is 0 Å². The number of aryl methyl sites for hydroxylation is 2. The van der Waals surface area contributed by atoms with Crippen LogP contribution in [0.1, 0.15) is 61.0 Å². The number of benzene rings is 2. The van der Waals surface area contributed by atoms with Crippen molar-refractivity contribution in [1.82, 2.24) is 0 Å². The van der Waals surface area contributed by atoms with Gasteiger partial charge in [0, 0.05) is 15.6 Å². The van der Waals surface area contributed by atoms with Crippen molar-refractivity contribution in [2.45, 2.75) is 59.0 Å². The number of hydrogen-bond donors (Lipinski definition) is 2. The average Bonchev–Trinajstić information content (AvgIpc) is 3.42. The standard InChI is InChI=1S/C16H23BO4.C8H7BrO.C2H6O2/c1-11-10-12(14-18-8-9-19-14)6-7-13(11)17-20-15(2,3)16(4,5)21-17;1-6-4-7(5-10)2-3-8(6)9;3-1-2-4/h6-7,10,14H,8-9H2,1-5H3;2-5H,1H3;3-4H,1-2H2. The molecule has 35 heavy (non-hydrogen) atoms. The van der Waals surface area contributed by atoms with Gasteiger partial charge in [-0.1, -0.05) is 45.8 Å². The lowest BCUT2D eigenvalue weighted by Gasteiger charge is -2.32. The number of aliphatic hydroxyl groups is 2. The predicted octanol–water partition coefficient (Wildman–Crippen LogP) is 3.88. The van der Waals surface area contributed by atoms with Crippen LogP contribution in [0.5, 0.6) is 0 Å². The van der Waals surface area contributed by atoms with E-state index in [1.54, 1.807) is 6.07 Å². The Bertz CT molecular complexity index is 956. The van der Waals surface area contributed by atoms with Crippen LogP contribution in [-0.4, -0.2) is 61.2 Å². The summed E-state index contributed by atoms with van der Waals surface area (Å²) in [6, 6.07) is 11.7. The van der Waals surface area contributed by atoms with E-state index in [-0.39, 0.29) is 37.8 Å². The van der Waals surface area contributed by atoms with Crippen molar-refractivity contribution in [3.63, 3.8) is 0 Å². The van der Waals surface area contributed by atoms with Crippen LogP contribution in [0.3, 0.4) is 0 Å². The van der Waals surface area contributed by atoms with E-state index in [9.17, 15) is 4.79 Å². The summed E-state index contributed by atoms with van der Waals surface area (Å²) in [6.07, 6.45) is 0.607. The van der Waals surface area contributed by atoms with Crippen LogP contribution in [0.4, 0.5) is 0 Å². The molecule has 0 bridgehead atoms. The smallest absolute Gasteiger partial charge is 0.399 e. The quantitative estimate of drug-likeness (QED) is 0.440. The minimum atomic E-state index is -0.325. The van der Waals surface area contributed by atoms with Crippen molar-refractivity contribution < 1.29 is 33.8 Å². The van der Waals surface area contributed by atoms with Crippen LogP contribution in [0.15, 0.2) is 40.9 Å². The maximum atomic E-state index is 10.3. The molecular formula is C26H36BBrO7. The number of hydrogen-bond acceptors (Lipinski definition) is 7. The first-order valence-corrected chi connectivity index (χ1v) is 12.4. The Balaban J connectivity index is 0.000000257. The molecule has 2 N–H and O–H groups in total. The fraction of sp³-hybridized carbons (Fsp3) is 0.500. The van der Waals surface area contributed by atoms with Gasteiger partial charge in [0.1, 0.15) is 6.29 Å². The Labute approximate surface area is 217 Å². The molecule has 0 amide bonds. The summed E-state index contributed by atoms with van der Waals surface area (Å²) in [5.74, 6) is 0. The van der Waals surface area contributed by atoms with Gasteiger partial charge in [0.05, 0.1) is 37.6 Å². The Morgan fingerprint density at radius 2 is 1.51 bits per heavy atom. The van der Waals surface area contributed by atoms with Gasteiger partial charge in [-0.05, 0) is 64.7 Å². The van der Waals surface area contributed by atoms with Gasteiger partial charge in [-0.25, -0.2) is 0 Å². The minimum Gasteiger partial charge on any atom is -0.399 e. The lowest BCUT2D eigenvalue weighted by atomic mass is 9.76. The van der Waals surface area contributed by atoms with Gasteiger partial charge >= 0.3 is 7.12 Å². The molecule has 0 saturated carbocycles. The summed E-state index contributed by atoms with van der Waals surface area (Å²) in [5, 5.41) is 15.2. The summed E-state index contributed by atoms with van der Waals surface area (Å²) < 4.78 is 24.3. The van der Waals surface area contributed by atoms with Crippen molar-refractivity contribution in [1.29, 1.82) is 0 Å². The second kappa shape index (κ2) is 13.1. The monoisotopic (exact) mass is 550 g/mol. The summed E-state index contributed by atoms with van der Waals surface area (Å²) in [5.41, 5.74) is 4.41. The van der Waals surface area contributed by atoms with E-state index in [1.165, 1.54) is 0 Å². The third-order valence-electron chi connectivity index (χ3n) is 6.11. The summed E-state index contributed by atoms with van der Waals surface area (Å²) >= 11 is 3.34. The fourth-order valence-electron chi connectivity index (χ4n) is 3.37. The van der Waals surface area contributed by atoms with Crippen LogP contribution in [0.2, 0.25) is 0 Å². The molecule has 0 radical (unpaired) electrons. The number of ether oxygens (including phenoxy) is 2. The number of aldehydes is 1. The SMILES string of the molecule is Cc1cc(C2OCCO2)ccc1B1OC(C)(C)C(C)(C)O1.Cc1cc(C=O)ccc1Br.OCCO. The van der Waals surface area contributed by atoms with E-state index in [4.69, 9.17) is 29.0 Å². The highest BCUT2D eigenvalue weighted by Gasteiger charge is 2.52. The van der Waals surface area contributed by atoms with Gasteiger partial charge in [0.15, 0.2) is 6.29 Å². The van der Waals surface area contributed by atoms with E-state index >= 15 is 0 Å². The number of aliphatic hydroxyl groups excluding tert-OH is 2. The molecule has 2 aromatic carbocycles. The van der Waals surface area contributed by atoms with Crippen molar-refractivity contribution in [2.24, 2.45) is 0 Å². The second-order valence-corrected chi connectivity index (χ2v) is 10.2. The maximum absolute atomic E-state index is 10.3. The zero-order valence-corrected chi connectivity index (χ0v) is 22.9. The Morgan fingerprint density at radius 3 is 1.97 bits per heavy atom. The molecule has 0 atom stereocenters. The third kappa shape index (κ3) is 7.95. The molecule has 2 heterocycles. The first-order valence-electron chi connectivity index (χ1n) is 11.6. The van der Waals surface area contributed by atoms with E-state index in [1.807, 2.05) is 25.1 Å². The topological polar surface area (TPSA) is 94.5 Å². The zero-order valence-electron chi connectivity index (χ0n) is 21.3. The lowest BCUT2D eigenvalue weighted by molar-refractivity contribution is -0.0441. The van der Waals surface area contributed by atoms with E-state index < -0.39 is 0 Å². The number of halogens is 1. The summed E-state index contributed by atoms with van der Waals surface area (Å²) in [4.78, 5) is 10.3. The van der Waals surface area contributed by atoms with E-state index in [0.717, 1.165) is 38.5 Å². The highest BCUT2D eigenvalue weighted by Crippen LogP contribution is 2.37. The molecule has 0 unspecified atom stereocenters. The highest BCUT2D eigenvalue weighted by atomic mass is 79.9. The average molecular weight is 551 g/mol. The van der Waals surface area contributed by atoms with Crippen LogP contribution < -0.4 is 5.46 Å². The molecule has 7 nitrogen and oxygen atoms in total. The molecule has 2 aliphatic heterocycles. The molecule has 2 aliphatic rings. The second-order valence-electron chi connectivity index (χ2n) is 9.35. The van der Waals surface area contributed by atoms with Gasteiger partial charge < -0.3 is 29.0 Å². The first kappa shape index (κ1) is 29.6. The molecular weight excluding hydrogens is 515 g/mol. The molecule has 4 rings (SSSR count). The molecule has 0 aliphatic carbocycles. The highest BCUT2D eigenvalue weighted by molar-refractivity contribution is 9.10. The summed E-state index contributed by atoms with van der Waals surface area (Å²) in [7, 11) is -0.325. The van der Waals surface area contributed by atoms with Crippen LogP contribution in [-0.2, 0) is 18.8 Å². The predicted molar refractivity (Wildman–Crippen MR) is 140 cm³/mol. The molecule has 9 heteroatoms. The molecule has 2 saturated heterocycles. The van der Waals surface area contributed by atoms with Gasteiger partial charge in [-0.15, -0.1) is 0 Å². The largest absolute Gasteiger partial charge is 0.495 e. The minimum absolute atomic E-state index is 0.125. The normalized spacial score (nSPS) is 18.4. The Kier molecular flexibility index (Phi) is 11.1. The Hall–Kier alpha value is -1.59. The molecule has 192 valence electrons. The van der Waals surface area contributed by atoms with Crippen molar-refractivity contribution >= 4 is 34.8 Å². The maximum Gasteiger partial charge on any atom is 0.495 e. The number of carbonyl (C=O) groups is 1. The number of carbonyl (C=O) groups excluding carboxylic acids is 1. The van der Waals surface area contributed by atoms with Crippen LogP contribution >= 0.6 is 15.9 Å². The molecule has 0 aromatic heterocycles. The van der Waals surface area contributed by atoms with Crippen LogP contribution in [0, 0.1) is 13.8 Å². The molecule has 0 spiro atoms. The zero-order chi connectivity index (χ0) is 26.2. The van der Waals surface area contributed by atoms with E-state index in [0.29, 0.717) is 13.2 Å². The third-order valence-corrected chi connectivity index (χ3v) is 7.00. The van der Waals surface area contributed by atoms with Gasteiger partial charge in [0.2, 0.25) is 0 Å². The first-order chi connectivity index (χ1) is 16.5. The number of rotatable bonds is 4.